The van der Waals surface area contributed by atoms with Crippen LogP contribution < -0.4 is 10.1 Å². The summed E-state index contributed by atoms with van der Waals surface area (Å²) in [5.74, 6) is 2.59. The van der Waals surface area contributed by atoms with Gasteiger partial charge in [-0.25, -0.2) is 0 Å². The van der Waals surface area contributed by atoms with Gasteiger partial charge in [0, 0.05) is 44.6 Å². The van der Waals surface area contributed by atoms with E-state index in [1.165, 1.54) is 37.7 Å². The Bertz CT molecular complexity index is 626. The first-order valence-electron chi connectivity index (χ1n) is 10.4. The molecule has 150 valence electrons. The summed E-state index contributed by atoms with van der Waals surface area (Å²) in [5.41, 5.74) is 1.56. The second kappa shape index (κ2) is 9.45. The van der Waals surface area contributed by atoms with Crippen molar-refractivity contribution in [1.82, 2.24) is 10.2 Å². The number of methoxy groups -OCH3 is 1. The van der Waals surface area contributed by atoms with Gasteiger partial charge in [0.15, 0.2) is 5.96 Å². The summed E-state index contributed by atoms with van der Waals surface area (Å²) in [5, 5.41) is 3.70. The first-order chi connectivity index (χ1) is 13.2. The van der Waals surface area contributed by atoms with Crippen LogP contribution in [0.25, 0.3) is 0 Å². The molecule has 1 aliphatic heterocycles. The monoisotopic (exact) mass is 373 g/mol. The van der Waals surface area contributed by atoms with Crippen LogP contribution in [0.4, 0.5) is 0 Å². The number of nitrogens with one attached hydrogen (secondary N) is 1. The van der Waals surface area contributed by atoms with E-state index in [0.717, 1.165) is 44.6 Å². The molecule has 1 aromatic carbocycles. The molecule has 1 atom stereocenters. The fourth-order valence-corrected chi connectivity index (χ4v) is 4.60. The summed E-state index contributed by atoms with van der Waals surface area (Å²) in [6.45, 7) is 6.74. The zero-order valence-corrected chi connectivity index (χ0v) is 17.2. The van der Waals surface area contributed by atoms with E-state index in [0.29, 0.717) is 5.92 Å². The number of nitrogens with zero attached hydrogens (tertiary/aromatic N) is 2. The maximum atomic E-state index is 5.62. The predicted octanol–water partition coefficient (Wildman–Crippen LogP) is 3.44. The molecule has 1 saturated carbocycles. The highest BCUT2D eigenvalue weighted by atomic mass is 16.5. The van der Waals surface area contributed by atoms with E-state index in [4.69, 9.17) is 9.47 Å². The third kappa shape index (κ3) is 4.75. The summed E-state index contributed by atoms with van der Waals surface area (Å²) < 4.78 is 11.1. The summed E-state index contributed by atoms with van der Waals surface area (Å²) in [6.07, 6.45) is 6.20. The summed E-state index contributed by atoms with van der Waals surface area (Å²) in [6, 6.07) is 8.61. The van der Waals surface area contributed by atoms with Gasteiger partial charge in [0.05, 0.1) is 13.7 Å². The molecule has 0 spiro atoms. The van der Waals surface area contributed by atoms with E-state index >= 15 is 0 Å². The van der Waals surface area contributed by atoms with Gasteiger partial charge in [0.1, 0.15) is 5.75 Å². The highest BCUT2D eigenvalue weighted by Gasteiger charge is 2.36. The molecule has 0 amide bonds. The molecular weight excluding hydrogens is 338 g/mol. The quantitative estimate of drug-likeness (QED) is 0.587. The molecule has 5 nitrogen and oxygen atoms in total. The van der Waals surface area contributed by atoms with Gasteiger partial charge < -0.3 is 19.7 Å². The molecule has 2 fully saturated rings. The van der Waals surface area contributed by atoms with Crippen LogP contribution in [0.1, 0.15) is 44.6 Å². The van der Waals surface area contributed by atoms with Crippen LogP contribution in [0, 0.1) is 5.92 Å². The van der Waals surface area contributed by atoms with Crippen molar-refractivity contribution < 1.29 is 9.47 Å². The molecule has 2 aliphatic rings. The Labute approximate surface area is 164 Å². The molecule has 1 aliphatic carbocycles. The van der Waals surface area contributed by atoms with E-state index in [-0.39, 0.29) is 5.41 Å². The van der Waals surface area contributed by atoms with Gasteiger partial charge in [-0.1, -0.05) is 25.0 Å². The molecule has 1 heterocycles. The van der Waals surface area contributed by atoms with Crippen molar-refractivity contribution in [3.63, 3.8) is 0 Å². The second-order valence-corrected chi connectivity index (χ2v) is 7.88. The fourth-order valence-electron chi connectivity index (χ4n) is 4.60. The molecule has 1 saturated heterocycles. The van der Waals surface area contributed by atoms with E-state index in [1.807, 2.05) is 13.1 Å². The lowest BCUT2D eigenvalue weighted by atomic mass is 9.78. The predicted molar refractivity (Wildman–Crippen MR) is 111 cm³/mol. The van der Waals surface area contributed by atoms with Crippen molar-refractivity contribution in [1.29, 1.82) is 0 Å². The Hall–Kier alpha value is -1.75. The third-order valence-corrected chi connectivity index (χ3v) is 6.18. The van der Waals surface area contributed by atoms with Crippen LogP contribution in [0.5, 0.6) is 5.75 Å². The standard InChI is InChI=1S/C22H35N3O2/c1-4-27-16-18-10-13-25(15-18)21(23-2)24-17-22(11-5-6-12-22)19-8-7-9-20(14-19)26-3/h7-9,14,18H,4-6,10-13,15-17H2,1-3H3,(H,23,24). The third-order valence-electron chi connectivity index (χ3n) is 6.18. The van der Waals surface area contributed by atoms with Gasteiger partial charge in [-0.05, 0) is 43.9 Å². The number of likely N-dealkylation sites (tertiary alicyclic amines) is 1. The average molecular weight is 374 g/mol. The summed E-state index contributed by atoms with van der Waals surface area (Å²) in [7, 11) is 3.64. The molecule has 0 radical (unpaired) electrons. The van der Waals surface area contributed by atoms with Gasteiger partial charge >= 0.3 is 0 Å². The first kappa shape index (κ1) is 20.0. The number of hydrogen-bond acceptors (Lipinski definition) is 3. The summed E-state index contributed by atoms with van der Waals surface area (Å²) in [4.78, 5) is 6.96. The number of rotatable bonds is 7. The molecule has 3 rings (SSSR count). The Morgan fingerprint density at radius 2 is 2.15 bits per heavy atom. The molecule has 1 unspecified atom stereocenters. The second-order valence-electron chi connectivity index (χ2n) is 7.88. The molecule has 0 aromatic heterocycles. The molecule has 27 heavy (non-hydrogen) atoms. The van der Waals surface area contributed by atoms with Crippen molar-refractivity contribution in [2.75, 3.05) is 47.0 Å². The van der Waals surface area contributed by atoms with Crippen LogP contribution in [0.2, 0.25) is 0 Å². The zero-order chi connectivity index (χ0) is 19.1. The van der Waals surface area contributed by atoms with E-state index < -0.39 is 0 Å². The van der Waals surface area contributed by atoms with Gasteiger partial charge in [-0.3, -0.25) is 4.99 Å². The minimum absolute atomic E-state index is 0.176. The van der Waals surface area contributed by atoms with E-state index in [2.05, 4.69) is 40.3 Å². The van der Waals surface area contributed by atoms with E-state index in [1.54, 1.807) is 7.11 Å². The number of aliphatic imine (C=N–C) groups is 1. The maximum Gasteiger partial charge on any atom is 0.193 e. The smallest absolute Gasteiger partial charge is 0.193 e. The topological polar surface area (TPSA) is 46.1 Å². The van der Waals surface area contributed by atoms with Gasteiger partial charge in [-0.2, -0.15) is 0 Å². The number of guanidine groups is 1. The molecule has 1 N–H and O–H groups in total. The SMILES string of the molecule is CCOCC1CCN(C(=NC)NCC2(c3cccc(OC)c3)CCCC2)C1. The van der Waals surface area contributed by atoms with Crippen LogP contribution >= 0.6 is 0 Å². The molecule has 0 bridgehead atoms. The van der Waals surface area contributed by atoms with E-state index in [9.17, 15) is 0 Å². The lowest BCUT2D eigenvalue weighted by Gasteiger charge is -2.32. The molecule has 5 heteroatoms. The highest BCUT2D eigenvalue weighted by Crippen LogP contribution is 2.41. The fraction of sp³-hybridized carbons (Fsp3) is 0.682. The minimum Gasteiger partial charge on any atom is -0.497 e. The molecule has 1 aromatic rings. The lowest BCUT2D eigenvalue weighted by molar-refractivity contribution is 0.114. The number of hydrogen-bond donors (Lipinski definition) is 1. The van der Waals surface area contributed by atoms with Crippen molar-refractivity contribution in [2.24, 2.45) is 10.9 Å². The normalized spacial score (nSPS) is 22.3. The van der Waals surface area contributed by atoms with Crippen molar-refractivity contribution in [3.05, 3.63) is 29.8 Å². The number of ether oxygens (including phenoxy) is 2. The van der Waals surface area contributed by atoms with Crippen molar-refractivity contribution in [2.45, 2.75) is 44.4 Å². The van der Waals surface area contributed by atoms with Gasteiger partial charge in [0.2, 0.25) is 0 Å². The zero-order valence-electron chi connectivity index (χ0n) is 17.2. The largest absolute Gasteiger partial charge is 0.497 e. The minimum atomic E-state index is 0.176. The van der Waals surface area contributed by atoms with Crippen LogP contribution in [-0.4, -0.2) is 57.9 Å². The molecular formula is C22H35N3O2. The van der Waals surface area contributed by atoms with Crippen molar-refractivity contribution >= 4 is 5.96 Å². The highest BCUT2D eigenvalue weighted by molar-refractivity contribution is 5.80. The average Bonchev–Trinajstić information content (AvgIpc) is 3.37. The van der Waals surface area contributed by atoms with Crippen LogP contribution in [0.15, 0.2) is 29.3 Å². The van der Waals surface area contributed by atoms with Gasteiger partial charge in [0.25, 0.3) is 0 Å². The summed E-state index contributed by atoms with van der Waals surface area (Å²) >= 11 is 0. The Morgan fingerprint density at radius 3 is 2.85 bits per heavy atom. The van der Waals surface area contributed by atoms with Crippen molar-refractivity contribution in [3.8, 4) is 5.75 Å². The van der Waals surface area contributed by atoms with Crippen LogP contribution in [-0.2, 0) is 10.2 Å². The Morgan fingerprint density at radius 1 is 1.33 bits per heavy atom. The Balaban J connectivity index is 1.65. The lowest BCUT2D eigenvalue weighted by Crippen LogP contribution is -2.46. The maximum absolute atomic E-state index is 5.62. The van der Waals surface area contributed by atoms with Gasteiger partial charge in [-0.15, -0.1) is 0 Å². The number of benzene rings is 1. The first-order valence-corrected chi connectivity index (χ1v) is 10.4. The Kier molecular flexibility index (Phi) is 7.00. The van der Waals surface area contributed by atoms with Crippen LogP contribution in [0.3, 0.4) is 0 Å².